The number of oxazole rings is 1. The minimum atomic E-state index is -0.757. The Hall–Kier alpha value is -4.09. The van der Waals surface area contributed by atoms with Crippen LogP contribution in [0.3, 0.4) is 0 Å². The van der Waals surface area contributed by atoms with Crippen molar-refractivity contribution in [3.05, 3.63) is 70.9 Å². The van der Waals surface area contributed by atoms with Gasteiger partial charge in [0.2, 0.25) is 5.91 Å². The van der Waals surface area contributed by atoms with E-state index in [4.69, 9.17) is 9.15 Å². The number of ether oxygens (including phenoxy) is 1. The fraction of sp³-hybridized carbons (Fsp3) is 0.485. The molecule has 11 nitrogen and oxygen atoms in total. The molecule has 0 saturated carbocycles. The molecule has 44 heavy (non-hydrogen) atoms. The molecule has 1 aromatic heterocycles. The molecule has 0 spiro atoms. The van der Waals surface area contributed by atoms with Crippen molar-refractivity contribution in [1.29, 1.82) is 0 Å². The highest BCUT2D eigenvalue weighted by atomic mass is 16.5. The van der Waals surface area contributed by atoms with Gasteiger partial charge < -0.3 is 40.0 Å². The van der Waals surface area contributed by atoms with Gasteiger partial charge in [0.25, 0.3) is 5.91 Å². The second-order valence-electron chi connectivity index (χ2n) is 12.1. The number of fused-ring (bicyclic) bond motifs is 1. The number of aryl methyl sites for hydroxylation is 1. The molecule has 2 fully saturated rings. The lowest BCUT2D eigenvalue weighted by Gasteiger charge is -2.39. The van der Waals surface area contributed by atoms with Crippen molar-refractivity contribution in [3.8, 4) is 5.75 Å². The first-order valence-electron chi connectivity index (χ1n) is 15.6. The van der Waals surface area contributed by atoms with Crippen LogP contribution in [0.4, 0.5) is 11.4 Å². The Kier molecular flexibility index (Phi) is 9.04. The number of likely N-dealkylation sites (tertiary alicyclic amines) is 1. The maximum Gasteiger partial charge on any atom is 0.251 e. The smallest absolute Gasteiger partial charge is 0.251 e. The predicted octanol–water partition coefficient (Wildman–Crippen LogP) is 3.00. The number of aromatic nitrogens is 1. The zero-order chi connectivity index (χ0) is 30.6. The van der Waals surface area contributed by atoms with E-state index < -0.39 is 6.10 Å². The standard InChI is InChI=1S/C33H42N6O5/c1-21-32(44-20-36-21)19-43-29-7-6-23-13-30(34-15-25(23)12-29)31(41)16-35-33(42)24-10-26(37-27-17-39(18-27)22(2)40)14-28(11-24)38-8-4-3-5-9-38/h6-7,10-12,14,20,27,30-31,34,37,41H,3-5,8-9,13,15-19H2,1-2H3,(H,35,42)/t30-,31?/m0/s1. The summed E-state index contributed by atoms with van der Waals surface area (Å²) in [6.45, 7) is 7.76. The molecule has 2 aromatic carbocycles. The number of rotatable bonds is 10. The molecule has 0 radical (unpaired) electrons. The van der Waals surface area contributed by atoms with Crippen LogP contribution in [0.25, 0.3) is 0 Å². The van der Waals surface area contributed by atoms with E-state index in [9.17, 15) is 14.7 Å². The molecule has 3 aliphatic rings. The number of carbonyl (C=O) groups is 2. The van der Waals surface area contributed by atoms with Crippen LogP contribution in [0.1, 0.15) is 59.1 Å². The second kappa shape index (κ2) is 13.3. The van der Waals surface area contributed by atoms with Crippen molar-refractivity contribution in [2.45, 2.75) is 70.9 Å². The highest BCUT2D eigenvalue weighted by molar-refractivity contribution is 5.96. The summed E-state index contributed by atoms with van der Waals surface area (Å²) < 4.78 is 11.3. The lowest BCUT2D eigenvalue weighted by atomic mass is 9.92. The van der Waals surface area contributed by atoms with Gasteiger partial charge in [-0.3, -0.25) is 9.59 Å². The zero-order valence-corrected chi connectivity index (χ0v) is 25.5. The first kappa shape index (κ1) is 30.0. The van der Waals surface area contributed by atoms with E-state index in [0.717, 1.165) is 59.9 Å². The average molecular weight is 603 g/mol. The molecule has 2 saturated heterocycles. The summed E-state index contributed by atoms with van der Waals surface area (Å²) in [6.07, 6.45) is 4.80. The topological polar surface area (TPSA) is 132 Å². The lowest BCUT2D eigenvalue weighted by molar-refractivity contribution is -0.132. The van der Waals surface area contributed by atoms with E-state index in [1.807, 2.05) is 37.3 Å². The Labute approximate surface area is 258 Å². The number of hydrogen-bond donors (Lipinski definition) is 4. The molecule has 3 aliphatic heterocycles. The van der Waals surface area contributed by atoms with E-state index >= 15 is 0 Å². The van der Waals surface area contributed by atoms with Gasteiger partial charge in [-0.15, -0.1) is 0 Å². The predicted molar refractivity (Wildman–Crippen MR) is 167 cm³/mol. The Morgan fingerprint density at radius 3 is 2.70 bits per heavy atom. The van der Waals surface area contributed by atoms with Crippen LogP contribution >= 0.6 is 0 Å². The Balaban J connectivity index is 1.05. The van der Waals surface area contributed by atoms with Crippen molar-refractivity contribution in [1.82, 2.24) is 20.5 Å². The van der Waals surface area contributed by atoms with E-state index in [-0.39, 0.29) is 30.4 Å². The largest absolute Gasteiger partial charge is 0.486 e. The van der Waals surface area contributed by atoms with Crippen LogP contribution in [0.15, 0.2) is 47.2 Å². The monoisotopic (exact) mass is 602 g/mol. The molecule has 4 N–H and O–H groups in total. The molecule has 0 aliphatic carbocycles. The van der Waals surface area contributed by atoms with Gasteiger partial charge in [-0.1, -0.05) is 6.07 Å². The highest BCUT2D eigenvalue weighted by Gasteiger charge is 2.29. The average Bonchev–Trinajstić information content (AvgIpc) is 3.44. The Morgan fingerprint density at radius 1 is 1.14 bits per heavy atom. The number of piperidine rings is 1. The minimum Gasteiger partial charge on any atom is -0.486 e. The van der Waals surface area contributed by atoms with E-state index in [1.54, 1.807) is 11.8 Å². The molecular formula is C33H42N6O5. The Morgan fingerprint density at radius 2 is 1.95 bits per heavy atom. The molecule has 234 valence electrons. The summed E-state index contributed by atoms with van der Waals surface area (Å²) in [5, 5.41) is 20.9. The summed E-state index contributed by atoms with van der Waals surface area (Å²) in [6, 6.07) is 11.9. The van der Waals surface area contributed by atoms with Crippen molar-refractivity contribution in [2.24, 2.45) is 0 Å². The molecule has 2 atom stereocenters. The summed E-state index contributed by atoms with van der Waals surface area (Å²) in [4.78, 5) is 33.2. The third kappa shape index (κ3) is 7.00. The molecule has 4 heterocycles. The van der Waals surface area contributed by atoms with Gasteiger partial charge in [-0.2, -0.15) is 0 Å². The van der Waals surface area contributed by atoms with E-state index in [2.05, 4.69) is 31.9 Å². The molecule has 2 amide bonds. The SMILES string of the molecule is CC(=O)N1CC(Nc2cc(C(=O)NCC(O)[C@@H]3Cc4ccc(OCc5ocnc5C)cc4CN3)cc(N3CCCCC3)c2)C1. The number of amides is 2. The van der Waals surface area contributed by atoms with Crippen molar-refractivity contribution in [2.75, 3.05) is 42.9 Å². The third-order valence-electron chi connectivity index (χ3n) is 8.92. The summed E-state index contributed by atoms with van der Waals surface area (Å²) in [7, 11) is 0. The van der Waals surface area contributed by atoms with Gasteiger partial charge in [0.15, 0.2) is 12.2 Å². The van der Waals surface area contributed by atoms with Crippen LogP contribution in [-0.2, 0) is 24.4 Å². The van der Waals surface area contributed by atoms with Crippen molar-refractivity contribution >= 4 is 23.2 Å². The second-order valence-corrected chi connectivity index (χ2v) is 12.1. The number of anilines is 2. The maximum absolute atomic E-state index is 13.4. The van der Waals surface area contributed by atoms with Gasteiger partial charge in [-0.25, -0.2) is 4.98 Å². The van der Waals surface area contributed by atoms with Gasteiger partial charge in [0.05, 0.1) is 17.8 Å². The molecule has 0 bridgehead atoms. The molecule has 1 unspecified atom stereocenters. The fourth-order valence-corrected chi connectivity index (χ4v) is 6.16. The number of carbonyl (C=O) groups excluding carboxylic acids is 2. The molecular weight excluding hydrogens is 560 g/mol. The van der Waals surface area contributed by atoms with Crippen LogP contribution in [-0.4, -0.2) is 77.7 Å². The van der Waals surface area contributed by atoms with Gasteiger partial charge >= 0.3 is 0 Å². The van der Waals surface area contributed by atoms with Gasteiger partial charge in [-0.05, 0) is 74.1 Å². The van der Waals surface area contributed by atoms with Gasteiger partial charge in [0, 0.05) is 69.2 Å². The van der Waals surface area contributed by atoms with E-state index in [1.165, 1.54) is 12.8 Å². The van der Waals surface area contributed by atoms with Crippen LogP contribution < -0.4 is 25.6 Å². The molecule has 6 rings (SSSR count). The first-order valence-corrected chi connectivity index (χ1v) is 15.6. The summed E-state index contributed by atoms with van der Waals surface area (Å²) in [5.41, 5.74) is 5.53. The van der Waals surface area contributed by atoms with Crippen molar-refractivity contribution < 1.29 is 23.8 Å². The number of hydrogen-bond acceptors (Lipinski definition) is 9. The first-order chi connectivity index (χ1) is 21.3. The third-order valence-corrected chi connectivity index (χ3v) is 8.92. The summed E-state index contributed by atoms with van der Waals surface area (Å²) >= 11 is 0. The Bertz CT molecular complexity index is 1480. The number of aliphatic hydroxyl groups excluding tert-OH is 1. The lowest BCUT2D eigenvalue weighted by Crippen LogP contribution is -2.56. The highest BCUT2D eigenvalue weighted by Crippen LogP contribution is 2.28. The molecule has 3 aromatic rings. The number of nitrogens with one attached hydrogen (secondary N) is 3. The zero-order valence-electron chi connectivity index (χ0n) is 25.5. The summed E-state index contributed by atoms with van der Waals surface area (Å²) in [5.74, 6) is 1.32. The molecule has 11 heteroatoms. The minimum absolute atomic E-state index is 0.0765. The van der Waals surface area contributed by atoms with Crippen molar-refractivity contribution in [3.63, 3.8) is 0 Å². The van der Waals surface area contributed by atoms with Crippen LogP contribution in [0.5, 0.6) is 5.75 Å². The number of benzene rings is 2. The van der Waals surface area contributed by atoms with Gasteiger partial charge in [0.1, 0.15) is 12.4 Å². The van der Waals surface area contributed by atoms with Crippen LogP contribution in [0, 0.1) is 6.92 Å². The maximum atomic E-state index is 13.4. The number of aliphatic hydroxyl groups is 1. The normalized spacial score (nSPS) is 19.1. The van der Waals surface area contributed by atoms with Crippen LogP contribution in [0.2, 0.25) is 0 Å². The fourth-order valence-electron chi connectivity index (χ4n) is 6.16. The number of nitrogens with zero attached hydrogens (tertiary/aromatic N) is 3. The van der Waals surface area contributed by atoms with E-state index in [0.29, 0.717) is 44.0 Å². The quantitative estimate of drug-likeness (QED) is 0.277.